The summed E-state index contributed by atoms with van der Waals surface area (Å²) < 4.78 is 24.7. The second-order valence-electron chi connectivity index (χ2n) is 8.67. The molecule has 1 heterocycles. The van der Waals surface area contributed by atoms with Crippen molar-refractivity contribution in [2.45, 2.75) is 0 Å². The van der Waals surface area contributed by atoms with Crippen LogP contribution >= 0.6 is 0 Å². The van der Waals surface area contributed by atoms with Crippen LogP contribution < -0.4 is 18.9 Å². The van der Waals surface area contributed by atoms with Gasteiger partial charge in [0.1, 0.15) is 5.82 Å². The lowest BCUT2D eigenvalue weighted by Gasteiger charge is -2.15. The molecule has 6 rings (SSSR count). The predicted octanol–water partition coefficient (Wildman–Crippen LogP) is 7.03. The summed E-state index contributed by atoms with van der Waals surface area (Å²) in [4.78, 5) is 5.26. The average molecular weight is 491 g/mol. The number of rotatable bonds is 6. The maximum Gasteiger partial charge on any atom is 0.162 e. The Morgan fingerprint density at radius 3 is 1.81 bits per heavy atom. The highest BCUT2D eigenvalue weighted by atomic mass is 16.5. The molecule has 0 aliphatic rings. The van der Waals surface area contributed by atoms with Crippen LogP contribution in [0.1, 0.15) is 0 Å². The summed E-state index contributed by atoms with van der Waals surface area (Å²) in [6.07, 6.45) is 0. The maximum absolute atomic E-state index is 5.68. The molecule has 0 aliphatic carbocycles. The molecule has 6 heteroatoms. The Morgan fingerprint density at radius 1 is 0.541 bits per heavy atom. The fraction of sp³-hybridized carbons (Fsp3) is 0.129. The number of aromatic nitrogens is 2. The van der Waals surface area contributed by atoms with Crippen LogP contribution in [0.2, 0.25) is 0 Å². The van der Waals surface area contributed by atoms with Crippen LogP contribution in [-0.2, 0) is 0 Å². The Labute approximate surface area is 214 Å². The summed E-state index contributed by atoms with van der Waals surface area (Å²) in [7, 11) is 6.60. The molecule has 0 N–H and O–H groups in total. The quantitative estimate of drug-likeness (QED) is 0.235. The first-order chi connectivity index (χ1) is 18.2. The van der Waals surface area contributed by atoms with Gasteiger partial charge in [0, 0.05) is 22.4 Å². The van der Waals surface area contributed by atoms with Gasteiger partial charge in [-0.3, -0.25) is 4.57 Å². The Kier molecular flexibility index (Phi) is 5.57. The number of methoxy groups -OCH3 is 4. The Bertz CT molecular complexity index is 1770. The molecule has 0 saturated carbocycles. The molecule has 0 atom stereocenters. The first kappa shape index (κ1) is 22.7. The molecular weight excluding hydrogens is 464 g/mol. The Morgan fingerprint density at radius 2 is 1.14 bits per heavy atom. The summed E-state index contributed by atoms with van der Waals surface area (Å²) in [6.45, 7) is 0. The summed E-state index contributed by atoms with van der Waals surface area (Å²) in [6, 6.07) is 28.6. The van der Waals surface area contributed by atoms with Crippen LogP contribution in [0.5, 0.6) is 23.0 Å². The molecule has 0 unspecified atom stereocenters. The summed E-state index contributed by atoms with van der Waals surface area (Å²) in [5, 5.41) is 4.23. The molecule has 5 aromatic carbocycles. The molecule has 0 fully saturated rings. The van der Waals surface area contributed by atoms with Crippen molar-refractivity contribution in [2.75, 3.05) is 28.4 Å². The van der Waals surface area contributed by atoms with Crippen LogP contribution in [-0.4, -0.2) is 38.0 Å². The molecule has 0 radical (unpaired) electrons. The van der Waals surface area contributed by atoms with Gasteiger partial charge in [-0.05, 0) is 35.0 Å². The van der Waals surface area contributed by atoms with E-state index in [-0.39, 0.29) is 0 Å². The first-order valence-corrected chi connectivity index (χ1v) is 11.9. The number of benzene rings is 5. The average Bonchev–Trinajstić information content (AvgIpc) is 3.37. The van der Waals surface area contributed by atoms with Gasteiger partial charge in [-0.2, -0.15) is 0 Å². The lowest BCUT2D eigenvalue weighted by Crippen LogP contribution is -2.00. The standard InChI is InChI=1S/C31H26N2O4/c1-34-25-15-14-20(16-26(25)35-2)33-30-22-13-9-8-12-21(22)23-17-27(36-3)28(37-4)18-24(23)29(30)32-31(33)19-10-6-5-7-11-19/h5-18H,1-4H3. The van der Waals surface area contributed by atoms with Crippen molar-refractivity contribution in [2.24, 2.45) is 0 Å². The van der Waals surface area contributed by atoms with Gasteiger partial charge in [0.05, 0.1) is 45.2 Å². The highest BCUT2D eigenvalue weighted by Crippen LogP contribution is 2.43. The van der Waals surface area contributed by atoms with E-state index in [1.165, 1.54) is 0 Å². The van der Waals surface area contributed by atoms with E-state index in [2.05, 4.69) is 41.0 Å². The van der Waals surface area contributed by atoms with E-state index >= 15 is 0 Å². The molecule has 0 saturated heterocycles. The molecular formula is C31H26N2O4. The minimum Gasteiger partial charge on any atom is -0.493 e. The SMILES string of the molecule is COc1ccc(-n2c(-c3ccccc3)nc3c4cc(OC)c(OC)cc4c4ccccc4c32)cc1OC. The molecule has 0 aliphatic heterocycles. The lowest BCUT2D eigenvalue weighted by atomic mass is 9.99. The third kappa shape index (κ3) is 3.52. The number of hydrogen-bond donors (Lipinski definition) is 0. The van der Waals surface area contributed by atoms with E-state index in [0.717, 1.165) is 49.7 Å². The first-order valence-electron chi connectivity index (χ1n) is 11.9. The van der Waals surface area contributed by atoms with Crippen molar-refractivity contribution in [3.8, 4) is 40.1 Å². The summed E-state index contributed by atoms with van der Waals surface area (Å²) >= 11 is 0. The van der Waals surface area contributed by atoms with Crippen molar-refractivity contribution >= 4 is 32.6 Å². The van der Waals surface area contributed by atoms with Gasteiger partial charge in [0.15, 0.2) is 23.0 Å². The minimum atomic E-state index is 0.650. The Balaban J connectivity index is 1.83. The van der Waals surface area contributed by atoms with E-state index in [0.29, 0.717) is 23.0 Å². The van der Waals surface area contributed by atoms with Crippen LogP contribution in [0.3, 0.4) is 0 Å². The number of nitrogens with zero attached hydrogens (tertiary/aromatic N) is 2. The zero-order valence-corrected chi connectivity index (χ0v) is 21.1. The monoisotopic (exact) mass is 490 g/mol. The van der Waals surface area contributed by atoms with Crippen molar-refractivity contribution < 1.29 is 18.9 Å². The zero-order valence-electron chi connectivity index (χ0n) is 21.1. The molecule has 1 aromatic heterocycles. The highest BCUT2D eigenvalue weighted by Gasteiger charge is 2.22. The van der Waals surface area contributed by atoms with Crippen molar-refractivity contribution in [3.63, 3.8) is 0 Å². The minimum absolute atomic E-state index is 0.650. The van der Waals surface area contributed by atoms with Crippen molar-refractivity contribution in [1.82, 2.24) is 9.55 Å². The van der Waals surface area contributed by atoms with Crippen molar-refractivity contribution in [1.29, 1.82) is 0 Å². The molecule has 37 heavy (non-hydrogen) atoms. The third-order valence-corrected chi connectivity index (χ3v) is 6.79. The lowest BCUT2D eigenvalue weighted by molar-refractivity contribution is 0.355. The normalized spacial score (nSPS) is 11.2. The Hall–Kier alpha value is -4.71. The van der Waals surface area contributed by atoms with E-state index in [1.807, 2.05) is 48.5 Å². The van der Waals surface area contributed by atoms with Crippen LogP contribution in [0.25, 0.3) is 49.7 Å². The van der Waals surface area contributed by atoms with Gasteiger partial charge in [0.25, 0.3) is 0 Å². The van der Waals surface area contributed by atoms with Crippen molar-refractivity contribution in [3.05, 3.63) is 84.9 Å². The second-order valence-corrected chi connectivity index (χ2v) is 8.67. The highest BCUT2D eigenvalue weighted by molar-refractivity contribution is 6.24. The zero-order chi connectivity index (χ0) is 25.5. The number of imidazole rings is 1. The van der Waals surface area contributed by atoms with Crippen LogP contribution in [0, 0.1) is 0 Å². The van der Waals surface area contributed by atoms with Crippen LogP contribution in [0.4, 0.5) is 0 Å². The third-order valence-electron chi connectivity index (χ3n) is 6.79. The molecule has 184 valence electrons. The summed E-state index contributed by atoms with van der Waals surface area (Å²) in [5.41, 5.74) is 3.81. The topological polar surface area (TPSA) is 54.7 Å². The molecule has 0 amide bonds. The van der Waals surface area contributed by atoms with Gasteiger partial charge in [-0.15, -0.1) is 0 Å². The number of hydrogen-bond acceptors (Lipinski definition) is 5. The second kappa shape index (κ2) is 9.06. The molecule has 6 nitrogen and oxygen atoms in total. The predicted molar refractivity (Wildman–Crippen MR) is 148 cm³/mol. The molecule has 6 aromatic rings. The van der Waals surface area contributed by atoms with E-state index in [9.17, 15) is 0 Å². The molecule has 0 spiro atoms. The number of ether oxygens (including phenoxy) is 4. The van der Waals surface area contributed by atoms with Gasteiger partial charge >= 0.3 is 0 Å². The molecule has 0 bridgehead atoms. The van der Waals surface area contributed by atoms with Gasteiger partial charge < -0.3 is 18.9 Å². The van der Waals surface area contributed by atoms with Gasteiger partial charge in [-0.1, -0.05) is 54.6 Å². The number of fused-ring (bicyclic) bond motifs is 6. The van der Waals surface area contributed by atoms with E-state index in [1.54, 1.807) is 28.4 Å². The van der Waals surface area contributed by atoms with E-state index in [4.69, 9.17) is 23.9 Å². The fourth-order valence-corrected chi connectivity index (χ4v) is 5.07. The summed E-state index contributed by atoms with van der Waals surface area (Å²) in [5.74, 6) is 3.49. The van der Waals surface area contributed by atoms with Gasteiger partial charge in [0.2, 0.25) is 0 Å². The smallest absolute Gasteiger partial charge is 0.162 e. The maximum atomic E-state index is 5.68. The van der Waals surface area contributed by atoms with Gasteiger partial charge in [-0.25, -0.2) is 4.98 Å². The van der Waals surface area contributed by atoms with Crippen LogP contribution in [0.15, 0.2) is 84.9 Å². The van der Waals surface area contributed by atoms with E-state index < -0.39 is 0 Å². The fourth-order valence-electron chi connectivity index (χ4n) is 5.07. The largest absolute Gasteiger partial charge is 0.493 e.